The van der Waals surface area contributed by atoms with Gasteiger partial charge in [0.25, 0.3) is 0 Å². The van der Waals surface area contributed by atoms with Gasteiger partial charge >= 0.3 is 0 Å². The van der Waals surface area contributed by atoms with E-state index in [4.69, 9.17) is 14.2 Å². The molecule has 1 N–H and O–H groups in total. The number of methoxy groups -OCH3 is 2. The predicted molar refractivity (Wildman–Crippen MR) is 79.4 cm³/mol. The second kappa shape index (κ2) is 5.20. The van der Waals surface area contributed by atoms with Crippen molar-refractivity contribution in [3.8, 4) is 23.0 Å². The van der Waals surface area contributed by atoms with Crippen molar-refractivity contribution in [1.29, 1.82) is 0 Å². The Balaban J connectivity index is 1.96. The van der Waals surface area contributed by atoms with E-state index < -0.39 is 0 Å². The van der Waals surface area contributed by atoms with Gasteiger partial charge in [-0.3, -0.25) is 0 Å². The highest BCUT2D eigenvalue weighted by atomic mass is 16.5. The molecular formula is C17H18O4. The molecule has 0 fully saturated rings. The van der Waals surface area contributed by atoms with Crippen molar-refractivity contribution in [3.63, 3.8) is 0 Å². The Morgan fingerprint density at radius 3 is 2.48 bits per heavy atom. The topological polar surface area (TPSA) is 47.9 Å². The second-order valence-electron chi connectivity index (χ2n) is 5.16. The third-order valence-electron chi connectivity index (χ3n) is 3.93. The van der Waals surface area contributed by atoms with E-state index in [-0.39, 0.29) is 17.8 Å². The van der Waals surface area contributed by atoms with E-state index in [2.05, 4.69) is 6.92 Å². The van der Waals surface area contributed by atoms with E-state index in [1.807, 2.05) is 24.3 Å². The van der Waals surface area contributed by atoms with Gasteiger partial charge in [0.2, 0.25) is 0 Å². The number of fused-ring (bicyclic) bond motifs is 1. The molecule has 0 saturated carbocycles. The summed E-state index contributed by atoms with van der Waals surface area (Å²) in [6.45, 7) is 2.09. The van der Waals surface area contributed by atoms with Crippen molar-refractivity contribution in [3.05, 3.63) is 47.5 Å². The van der Waals surface area contributed by atoms with Crippen molar-refractivity contribution >= 4 is 0 Å². The smallest absolute Gasteiger partial charge is 0.161 e. The number of rotatable bonds is 3. The number of phenols is 1. The van der Waals surface area contributed by atoms with Gasteiger partial charge in [0.05, 0.1) is 14.2 Å². The summed E-state index contributed by atoms with van der Waals surface area (Å²) in [4.78, 5) is 0. The molecule has 2 aromatic rings. The number of ether oxygens (including phenoxy) is 3. The van der Waals surface area contributed by atoms with Crippen LogP contribution in [0.5, 0.6) is 23.0 Å². The van der Waals surface area contributed by atoms with Gasteiger partial charge in [-0.1, -0.05) is 13.0 Å². The third-order valence-corrected chi connectivity index (χ3v) is 3.93. The van der Waals surface area contributed by atoms with Crippen molar-refractivity contribution in [2.75, 3.05) is 14.2 Å². The maximum Gasteiger partial charge on any atom is 0.161 e. The largest absolute Gasteiger partial charge is 0.508 e. The lowest BCUT2D eigenvalue weighted by molar-refractivity contribution is 0.215. The van der Waals surface area contributed by atoms with Crippen LogP contribution in [0.25, 0.3) is 0 Å². The Hall–Kier alpha value is -2.36. The molecule has 1 aliphatic rings. The minimum Gasteiger partial charge on any atom is -0.508 e. The standard InChI is InChI=1S/C17H18O4/c1-10-13-9-12(18)5-7-14(13)21-17(10)11-4-6-15(19-2)16(8-11)20-3/h4-10,17-18H,1-3H3/t10-,17-/m0/s1. The van der Waals surface area contributed by atoms with Crippen LogP contribution in [-0.2, 0) is 0 Å². The molecule has 0 radical (unpaired) electrons. The fourth-order valence-corrected chi connectivity index (χ4v) is 2.79. The molecule has 0 saturated heterocycles. The monoisotopic (exact) mass is 286 g/mol. The number of phenolic OH excluding ortho intramolecular Hbond substituents is 1. The van der Waals surface area contributed by atoms with Gasteiger partial charge in [-0.2, -0.15) is 0 Å². The molecule has 0 bridgehead atoms. The molecule has 2 atom stereocenters. The van der Waals surface area contributed by atoms with E-state index in [1.165, 1.54) is 0 Å². The van der Waals surface area contributed by atoms with Crippen molar-refractivity contribution in [1.82, 2.24) is 0 Å². The van der Waals surface area contributed by atoms with Crippen LogP contribution in [0.4, 0.5) is 0 Å². The zero-order chi connectivity index (χ0) is 15.0. The molecule has 1 heterocycles. The normalized spacial score (nSPS) is 19.8. The van der Waals surface area contributed by atoms with E-state index in [0.717, 1.165) is 16.9 Å². The highest BCUT2D eigenvalue weighted by Gasteiger charge is 2.33. The molecule has 21 heavy (non-hydrogen) atoms. The Labute approximate surface area is 123 Å². The summed E-state index contributed by atoms with van der Waals surface area (Å²) < 4.78 is 16.6. The predicted octanol–water partition coefficient (Wildman–Crippen LogP) is 3.65. The van der Waals surface area contributed by atoms with Crippen molar-refractivity contribution < 1.29 is 19.3 Å². The summed E-state index contributed by atoms with van der Waals surface area (Å²) in [7, 11) is 3.23. The molecule has 0 aliphatic carbocycles. The third kappa shape index (κ3) is 2.27. The van der Waals surface area contributed by atoms with Gasteiger partial charge < -0.3 is 19.3 Å². The summed E-state index contributed by atoms with van der Waals surface area (Å²) in [6, 6.07) is 11.0. The van der Waals surface area contributed by atoms with Gasteiger partial charge in [0.15, 0.2) is 11.5 Å². The quantitative estimate of drug-likeness (QED) is 0.935. The molecule has 0 aromatic heterocycles. The lowest BCUT2D eigenvalue weighted by Gasteiger charge is -2.17. The van der Waals surface area contributed by atoms with Crippen LogP contribution in [0.15, 0.2) is 36.4 Å². The second-order valence-corrected chi connectivity index (χ2v) is 5.16. The summed E-state index contributed by atoms with van der Waals surface area (Å²) in [5, 5.41) is 9.63. The number of hydrogen-bond donors (Lipinski definition) is 1. The Bertz CT molecular complexity index is 666. The summed E-state index contributed by atoms with van der Waals surface area (Å²) >= 11 is 0. The maximum atomic E-state index is 9.63. The molecule has 0 unspecified atom stereocenters. The fraction of sp³-hybridized carbons (Fsp3) is 0.294. The molecule has 2 aromatic carbocycles. The van der Waals surface area contributed by atoms with E-state index >= 15 is 0 Å². The minimum atomic E-state index is -0.0957. The summed E-state index contributed by atoms with van der Waals surface area (Å²) in [5.41, 5.74) is 2.05. The van der Waals surface area contributed by atoms with E-state index in [0.29, 0.717) is 11.5 Å². The zero-order valence-electron chi connectivity index (χ0n) is 12.3. The van der Waals surface area contributed by atoms with Gasteiger partial charge in [0.1, 0.15) is 17.6 Å². The Morgan fingerprint density at radius 1 is 1.00 bits per heavy atom. The average Bonchev–Trinajstić information content (AvgIpc) is 2.83. The van der Waals surface area contributed by atoms with Crippen LogP contribution in [0.3, 0.4) is 0 Å². The number of hydrogen-bond acceptors (Lipinski definition) is 4. The minimum absolute atomic E-state index is 0.0957. The molecule has 0 spiro atoms. The van der Waals surface area contributed by atoms with Crippen LogP contribution in [0.2, 0.25) is 0 Å². The lowest BCUT2D eigenvalue weighted by Crippen LogP contribution is -2.07. The molecule has 3 rings (SSSR count). The first-order chi connectivity index (χ1) is 10.1. The van der Waals surface area contributed by atoms with Gasteiger partial charge in [0, 0.05) is 11.5 Å². The maximum absolute atomic E-state index is 9.63. The zero-order valence-corrected chi connectivity index (χ0v) is 12.3. The van der Waals surface area contributed by atoms with Crippen LogP contribution in [-0.4, -0.2) is 19.3 Å². The van der Waals surface area contributed by atoms with Crippen LogP contribution < -0.4 is 14.2 Å². The van der Waals surface area contributed by atoms with Gasteiger partial charge in [-0.15, -0.1) is 0 Å². The molecule has 4 nitrogen and oxygen atoms in total. The molecule has 4 heteroatoms. The number of benzene rings is 2. The van der Waals surface area contributed by atoms with Crippen molar-refractivity contribution in [2.24, 2.45) is 0 Å². The summed E-state index contributed by atoms with van der Waals surface area (Å²) in [5.74, 6) is 2.62. The first-order valence-electron chi connectivity index (χ1n) is 6.85. The van der Waals surface area contributed by atoms with Crippen molar-refractivity contribution in [2.45, 2.75) is 18.9 Å². The van der Waals surface area contributed by atoms with E-state index in [9.17, 15) is 5.11 Å². The highest BCUT2D eigenvalue weighted by Crippen LogP contribution is 2.47. The average molecular weight is 286 g/mol. The molecule has 110 valence electrons. The van der Waals surface area contributed by atoms with E-state index in [1.54, 1.807) is 26.4 Å². The summed E-state index contributed by atoms with van der Waals surface area (Å²) in [6.07, 6.45) is -0.0957. The first kappa shape index (κ1) is 13.6. The lowest BCUT2D eigenvalue weighted by atomic mass is 9.92. The molecular weight excluding hydrogens is 268 g/mol. The van der Waals surface area contributed by atoms with Crippen LogP contribution >= 0.6 is 0 Å². The van der Waals surface area contributed by atoms with Crippen LogP contribution in [0.1, 0.15) is 30.1 Å². The highest BCUT2D eigenvalue weighted by molar-refractivity contribution is 5.49. The SMILES string of the molecule is COc1ccc([C@H]2Oc3ccc(O)cc3[C@@H]2C)cc1OC. The molecule has 0 amide bonds. The first-order valence-corrected chi connectivity index (χ1v) is 6.85. The Morgan fingerprint density at radius 2 is 1.76 bits per heavy atom. The van der Waals surface area contributed by atoms with Gasteiger partial charge in [-0.25, -0.2) is 0 Å². The molecule has 1 aliphatic heterocycles. The Kier molecular flexibility index (Phi) is 3.37. The van der Waals surface area contributed by atoms with Crippen LogP contribution in [0, 0.1) is 0 Å². The van der Waals surface area contributed by atoms with Gasteiger partial charge in [-0.05, 0) is 35.9 Å². The fourth-order valence-electron chi connectivity index (χ4n) is 2.79. The number of aromatic hydroxyl groups is 1.